The van der Waals surface area contributed by atoms with Crippen LogP contribution in [0.1, 0.15) is 19.3 Å². The number of aliphatic carboxylic acids is 1. The fourth-order valence-corrected chi connectivity index (χ4v) is 5.60. The molecule has 0 amide bonds. The molecule has 0 aromatic heterocycles. The van der Waals surface area contributed by atoms with Crippen molar-refractivity contribution in [2.75, 3.05) is 13.1 Å². The van der Waals surface area contributed by atoms with Crippen molar-refractivity contribution in [3.05, 3.63) is 27.1 Å². The molecule has 0 spiro atoms. The summed E-state index contributed by atoms with van der Waals surface area (Å²) in [5.41, 5.74) is 0. The van der Waals surface area contributed by atoms with Crippen molar-refractivity contribution in [3.8, 4) is 0 Å². The second-order valence-electron chi connectivity index (χ2n) is 5.02. The Hall–Kier alpha value is -0.440. The molecule has 0 atom stereocenters. The van der Waals surface area contributed by atoms with Gasteiger partial charge >= 0.3 is 5.97 Å². The molecular formula is C13H15Br2NO4S. The number of carbonyl (C=O) groups is 1. The summed E-state index contributed by atoms with van der Waals surface area (Å²) in [4.78, 5) is 10.9. The second kappa shape index (κ2) is 6.76. The summed E-state index contributed by atoms with van der Waals surface area (Å²) in [6.45, 7) is 0.728. The standard InChI is InChI=1S/C13H15Br2NO4S/c14-10-1-2-12(11(15)8-10)21(19,20)16-5-3-9(4-6-16)7-13(17)18/h1-2,8-9H,3-7H2,(H,17,18). The van der Waals surface area contributed by atoms with Crippen molar-refractivity contribution in [1.29, 1.82) is 0 Å². The van der Waals surface area contributed by atoms with E-state index in [4.69, 9.17) is 5.11 Å². The summed E-state index contributed by atoms with van der Waals surface area (Å²) in [5, 5.41) is 8.79. The van der Waals surface area contributed by atoms with Gasteiger partial charge in [-0.25, -0.2) is 8.42 Å². The van der Waals surface area contributed by atoms with E-state index in [-0.39, 0.29) is 17.2 Å². The van der Waals surface area contributed by atoms with Gasteiger partial charge in [-0.1, -0.05) is 15.9 Å². The smallest absolute Gasteiger partial charge is 0.303 e. The molecule has 21 heavy (non-hydrogen) atoms. The number of halogens is 2. The van der Waals surface area contributed by atoms with Gasteiger partial charge in [0, 0.05) is 28.5 Å². The molecule has 1 aliphatic rings. The SMILES string of the molecule is O=C(O)CC1CCN(S(=O)(=O)c2ccc(Br)cc2Br)CC1. The Balaban J connectivity index is 2.13. The Labute approximate surface area is 140 Å². The van der Waals surface area contributed by atoms with E-state index in [1.807, 2.05) is 0 Å². The number of carboxylic acids is 1. The van der Waals surface area contributed by atoms with Crippen LogP contribution >= 0.6 is 31.9 Å². The second-order valence-corrected chi connectivity index (χ2v) is 8.70. The highest BCUT2D eigenvalue weighted by Crippen LogP contribution is 2.31. The molecule has 0 aliphatic carbocycles. The minimum atomic E-state index is -3.54. The zero-order valence-corrected chi connectivity index (χ0v) is 15.1. The molecular weight excluding hydrogens is 426 g/mol. The highest BCUT2D eigenvalue weighted by atomic mass is 79.9. The fraction of sp³-hybridized carbons (Fsp3) is 0.462. The largest absolute Gasteiger partial charge is 0.481 e. The molecule has 1 N–H and O–H groups in total. The van der Waals surface area contributed by atoms with Crippen molar-refractivity contribution in [3.63, 3.8) is 0 Å². The first-order valence-corrected chi connectivity index (χ1v) is 9.50. The van der Waals surface area contributed by atoms with Crippen LogP contribution in [0.4, 0.5) is 0 Å². The maximum Gasteiger partial charge on any atom is 0.303 e. The summed E-state index contributed by atoms with van der Waals surface area (Å²) in [6.07, 6.45) is 1.27. The van der Waals surface area contributed by atoms with Gasteiger partial charge in [0.15, 0.2) is 0 Å². The van der Waals surface area contributed by atoms with Gasteiger partial charge < -0.3 is 5.11 Å². The van der Waals surface area contributed by atoms with Crippen LogP contribution in [0.5, 0.6) is 0 Å². The number of sulfonamides is 1. The Morgan fingerprint density at radius 1 is 1.29 bits per heavy atom. The molecule has 0 radical (unpaired) electrons. The Morgan fingerprint density at radius 2 is 1.90 bits per heavy atom. The van der Waals surface area contributed by atoms with Gasteiger partial charge in [-0.2, -0.15) is 4.31 Å². The van der Waals surface area contributed by atoms with E-state index < -0.39 is 16.0 Å². The number of piperidine rings is 1. The van der Waals surface area contributed by atoms with Crippen LogP contribution in [0.2, 0.25) is 0 Å². The predicted octanol–water partition coefficient (Wildman–Crippen LogP) is 3.09. The molecule has 2 rings (SSSR count). The van der Waals surface area contributed by atoms with Crippen LogP contribution < -0.4 is 0 Å². The third kappa shape index (κ3) is 4.06. The highest BCUT2D eigenvalue weighted by Gasteiger charge is 2.31. The normalized spacial score (nSPS) is 17.8. The first-order chi connectivity index (χ1) is 9.80. The van der Waals surface area contributed by atoms with Gasteiger partial charge in [-0.15, -0.1) is 0 Å². The fourth-order valence-electron chi connectivity index (χ4n) is 2.42. The van der Waals surface area contributed by atoms with Gasteiger partial charge in [0.1, 0.15) is 0 Å². The maximum atomic E-state index is 12.6. The van der Waals surface area contributed by atoms with Crippen LogP contribution in [-0.2, 0) is 14.8 Å². The molecule has 1 saturated heterocycles. The minimum Gasteiger partial charge on any atom is -0.481 e. The minimum absolute atomic E-state index is 0.0577. The van der Waals surface area contributed by atoms with Crippen molar-refractivity contribution in [1.82, 2.24) is 4.31 Å². The van der Waals surface area contributed by atoms with E-state index in [1.54, 1.807) is 18.2 Å². The lowest BCUT2D eigenvalue weighted by Gasteiger charge is -2.30. The number of benzene rings is 1. The Kier molecular flexibility index (Phi) is 5.45. The molecule has 5 nitrogen and oxygen atoms in total. The molecule has 0 bridgehead atoms. The van der Waals surface area contributed by atoms with E-state index >= 15 is 0 Å². The third-order valence-corrected chi connectivity index (χ3v) is 6.92. The average Bonchev–Trinajstić information content (AvgIpc) is 2.38. The molecule has 1 aliphatic heterocycles. The molecule has 0 saturated carbocycles. The molecule has 1 fully saturated rings. The first kappa shape index (κ1) is 16.9. The summed E-state index contributed by atoms with van der Waals surface area (Å²) < 4.78 is 28.0. The van der Waals surface area contributed by atoms with Gasteiger partial charge in [0.05, 0.1) is 4.90 Å². The zero-order valence-electron chi connectivity index (χ0n) is 11.1. The van der Waals surface area contributed by atoms with Gasteiger partial charge in [0.2, 0.25) is 10.0 Å². The van der Waals surface area contributed by atoms with E-state index in [2.05, 4.69) is 31.9 Å². The lowest BCUT2D eigenvalue weighted by atomic mass is 9.95. The summed E-state index contributed by atoms with van der Waals surface area (Å²) in [6, 6.07) is 4.95. The van der Waals surface area contributed by atoms with Crippen LogP contribution in [0, 0.1) is 5.92 Å². The summed E-state index contributed by atoms with van der Waals surface area (Å²) in [7, 11) is -3.54. The number of carboxylic acid groups (broad SMARTS) is 1. The molecule has 116 valence electrons. The lowest BCUT2D eigenvalue weighted by Crippen LogP contribution is -2.39. The highest BCUT2D eigenvalue weighted by molar-refractivity contribution is 9.11. The Morgan fingerprint density at radius 3 is 2.43 bits per heavy atom. The molecule has 1 aromatic rings. The summed E-state index contributed by atoms with van der Waals surface area (Å²) in [5.74, 6) is -0.769. The van der Waals surface area contributed by atoms with E-state index in [0.717, 1.165) is 4.47 Å². The molecule has 0 unspecified atom stereocenters. The van der Waals surface area contributed by atoms with Crippen LogP contribution in [0.15, 0.2) is 32.0 Å². The van der Waals surface area contributed by atoms with Crippen LogP contribution in [0.3, 0.4) is 0 Å². The topological polar surface area (TPSA) is 74.7 Å². The third-order valence-electron chi connectivity index (χ3n) is 3.55. The maximum absolute atomic E-state index is 12.6. The van der Waals surface area contributed by atoms with Crippen LogP contribution in [-0.4, -0.2) is 36.9 Å². The Bertz CT molecular complexity index is 640. The monoisotopic (exact) mass is 439 g/mol. The van der Waals surface area contributed by atoms with Gasteiger partial charge in [0.25, 0.3) is 0 Å². The predicted molar refractivity (Wildman–Crippen MR) is 85.6 cm³/mol. The molecule has 1 aromatic carbocycles. The summed E-state index contributed by atoms with van der Waals surface area (Å²) >= 11 is 6.58. The molecule has 8 heteroatoms. The van der Waals surface area contributed by atoms with E-state index in [9.17, 15) is 13.2 Å². The molecule has 1 heterocycles. The number of nitrogens with zero attached hydrogens (tertiary/aromatic N) is 1. The number of rotatable bonds is 4. The zero-order chi connectivity index (χ0) is 15.6. The van der Waals surface area contributed by atoms with Crippen molar-refractivity contribution >= 4 is 47.9 Å². The van der Waals surface area contributed by atoms with Gasteiger partial charge in [-0.3, -0.25) is 4.79 Å². The quantitative estimate of drug-likeness (QED) is 0.780. The lowest BCUT2D eigenvalue weighted by molar-refractivity contribution is -0.138. The average molecular weight is 441 g/mol. The van der Waals surface area contributed by atoms with Gasteiger partial charge in [-0.05, 0) is 52.9 Å². The van der Waals surface area contributed by atoms with Crippen LogP contribution in [0.25, 0.3) is 0 Å². The first-order valence-electron chi connectivity index (χ1n) is 6.47. The number of hydrogen-bond acceptors (Lipinski definition) is 3. The van der Waals surface area contributed by atoms with E-state index in [0.29, 0.717) is 30.4 Å². The number of hydrogen-bond donors (Lipinski definition) is 1. The van der Waals surface area contributed by atoms with E-state index in [1.165, 1.54) is 4.31 Å². The van der Waals surface area contributed by atoms with Crippen molar-refractivity contribution in [2.45, 2.75) is 24.2 Å². The van der Waals surface area contributed by atoms with Crippen molar-refractivity contribution in [2.24, 2.45) is 5.92 Å². The van der Waals surface area contributed by atoms with Crippen molar-refractivity contribution < 1.29 is 18.3 Å².